The van der Waals surface area contributed by atoms with Crippen LogP contribution in [0, 0.1) is 10.1 Å². The van der Waals surface area contributed by atoms with Crippen LogP contribution >= 0.6 is 0 Å². The van der Waals surface area contributed by atoms with Crippen molar-refractivity contribution in [2.24, 2.45) is 0 Å². The molecule has 94 valence electrons. The van der Waals surface area contributed by atoms with E-state index < -0.39 is 4.92 Å². The molecule has 0 aromatic heterocycles. The van der Waals surface area contributed by atoms with Crippen LogP contribution in [0.15, 0.2) is 18.2 Å². The molecule has 0 aliphatic carbocycles. The number of rotatable bonds is 6. The van der Waals surface area contributed by atoms with Crippen LogP contribution in [-0.2, 0) is 0 Å². The van der Waals surface area contributed by atoms with Crippen molar-refractivity contribution < 1.29 is 9.66 Å². The number of ether oxygens (including phenoxy) is 1. The summed E-state index contributed by atoms with van der Waals surface area (Å²) in [5, 5.41) is 14.2. The van der Waals surface area contributed by atoms with E-state index in [1.165, 1.54) is 0 Å². The first-order chi connectivity index (χ1) is 8.10. The molecular weight excluding hydrogens is 220 g/mol. The molecule has 0 spiro atoms. The van der Waals surface area contributed by atoms with E-state index in [0.717, 1.165) is 6.42 Å². The van der Waals surface area contributed by atoms with Crippen LogP contribution in [0.5, 0.6) is 5.75 Å². The summed E-state index contributed by atoms with van der Waals surface area (Å²) in [5.74, 6) is 0.311. The van der Waals surface area contributed by atoms with Gasteiger partial charge in [0, 0.05) is 6.04 Å². The molecule has 1 aromatic carbocycles. The van der Waals surface area contributed by atoms with Crippen LogP contribution in [-0.4, -0.2) is 17.6 Å². The molecule has 0 heterocycles. The van der Waals surface area contributed by atoms with E-state index in [2.05, 4.69) is 5.32 Å². The minimum absolute atomic E-state index is 0.00894. The molecule has 1 aromatic rings. The molecular formula is C12H18N2O3. The molecule has 1 N–H and O–H groups in total. The van der Waals surface area contributed by atoms with Crippen LogP contribution in [0.3, 0.4) is 0 Å². The highest BCUT2D eigenvalue weighted by atomic mass is 16.6. The van der Waals surface area contributed by atoms with E-state index in [1.807, 2.05) is 13.8 Å². The smallest absolute Gasteiger partial charge is 0.333 e. The molecule has 0 bridgehead atoms. The molecule has 0 aliphatic rings. The maximum Gasteiger partial charge on any atom is 0.333 e. The van der Waals surface area contributed by atoms with E-state index in [9.17, 15) is 10.1 Å². The topological polar surface area (TPSA) is 64.4 Å². The summed E-state index contributed by atoms with van der Waals surface area (Å²) in [4.78, 5) is 10.7. The van der Waals surface area contributed by atoms with Crippen molar-refractivity contribution in [3.8, 4) is 5.75 Å². The summed E-state index contributed by atoms with van der Waals surface area (Å²) in [7, 11) is 0. The minimum atomic E-state index is -0.407. The second-order valence-corrected chi connectivity index (χ2v) is 3.80. The van der Waals surface area contributed by atoms with Gasteiger partial charge in [0.25, 0.3) is 0 Å². The van der Waals surface area contributed by atoms with Crippen molar-refractivity contribution >= 4 is 11.4 Å². The van der Waals surface area contributed by atoms with Crippen LogP contribution in [0.25, 0.3) is 0 Å². The maximum atomic E-state index is 11.1. The van der Waals surface area contributed by atoms with Crippen LogP contribution in [0.1, 0.15) is 27.2 Å². The van der Waals surface area contributed by atoms with Gasteiger partial charge in [0.05, 0.1) is 11.5 Å². The Hall–Kier alpha value is -1.78. The molecule has 1 rings (SSSR count). The summed E-state index contributed by atoms with van der Waals surface area (Å²) >= 11 is 0. The Balaban J connectivity index is 3.10. The molecule has 1 atom stereocenters. The lowest BCUT2D eigenvalue weighted by atomic mass is 10.2. The van der Waals surface area contributed by atoms with Crippen molar-refractivity contribution in [3.63, 3.8) is 0 Å². The first-order valence-corrected chi connectivity index (χ1v) is 5.76. The highest BCUT2D eigenvalue weighted by Crippen LogP contribution is 2.35. The van der Waals surface area contributed by atoms with Gasteiger partial charge < -0.3 is 10.1 Å². The van der Waals surface area contributed by atoms with Crippen LogP contribution in [0.2, 0.25) is 0 Å². The van der Waals surface area contributed by atoms with Gasteiger partial charge in [0.15, 0.2) is 5.75 Å². The number of nitro groups is 1. The molecule has 0 radical (unpaired) electrons. The van der Waals surface area contributed by atoms with Crippen LogP contribution < -0.4 is 10.1 Å². The van der Waals surface area contributed by atoms with Crippen molar-refractivity contribution in [2.45, 2.75) is 33.2 Å². The average Bonchev–Trinajstić information content (AvgIpc) is 2.29. The van der Waals surface area contributed by atoms with Gasteiger partial charge in [-0.1, -0.05) is 13.0 Å². The number of hydrogen-bond acceptors (Lipinski definition) is 4. The zero-order valence-electron chi connectivity index (χ0n) is 10.4. The Morgan fingerprint density at radius 3 is 2.71 bits per heavy atom. The molecule has 0 amide bonds. The first kappa shape index (κ1) is 13.3. The Morgan fingerprint density at radius 1 is 1.47 bits per heavy atom. The summed E-state index contributed by atoms with van der Waals surface area (Å²) in [6.07, 6.45) is 0.899. The summed E-state index contributed by atoms with van der Waals surface area (Å²) < 4.78 is 5.27. The Morgan fingerprint density at radius 2 is 2.18 bits per heavy atom. The minimum Gasteiger partial charge on any atom is -0.487 e. The van der Waals surface area contributed by atoms with Crippen molar-refractivity contribution in [1.82, 2.24) is 0 Å². The third-order valence-corrected chi connectivity index (χ3v) is 2.50. The van der Waals surface area contributed by atoms with E-state index >= 15 is 0 Å². The molecule has 17 heavy (non-hydrogen) atoms. The van der Waals surface area contributed by atoms with Crippen LogP contribution in [0.4, 0.5) is 11.4 Å². The summed E-state index contributed by atoms with van der Waals surface area (Å²) in [6.45, 7) is 6.22. The number of nitro benzene ring substituents is 1. The Kier molecular flexibility index (Phi) is 4.75. The van der Waals surface area contributed by atoms with Gasteiger partial charge in [-0.3, -0.25) is 10.1 Å². The van der Waals surface area contributed by atoms with Gasteiger partial charge in [-0.2, -0.15) is 0 Å². The molecule has 0 saturated carbocycles. The number of nitrogens with zero attached hydrogens (tertiary/aromatic N) is 1. The molecule has 0 fully saturated rings. The van der Waals surface area contributed by atoms with Gasteiger partial charge >= 0.3 is 5.69 Å². The predicted octanol–water partition coefficient (Wildman–Crippen LogP) is 3.20. The Labute approximate surface area is 101 Å². The SMILES string of the molecule is CCOc1cccc(NC(C)CC)c1[N+](=O)[O-]. The Bertz CT molecular complexity index is 393. The number of para-hydroxylation sites is 1. The zero-order chi connectivity index (χ0) is 12.8. The van der Waals surface area contributed by atoms with E-state index in [4.69, 9.17) is 4.74 Å². The fourth-order valence-corrected chi connectivity index (χ4v) is 1.47. The normalized spacial score (nSPS) is 11.9. The number of anilines is 1. The van der Waals surface area contributed by atoms with Gasteiger partial charge in [-0.25, -0.2) is 0 Å². The van der Waals surface area contributed by atoms with Crippen molar-refractivity contribution in [1.29, 1.82) is 0 Å². The monoisotopic (exact) mass is 238 g/mol. The van der Waals surface area contributed by atoms with E-state index in [-0.39, 0.29) is 11.7 Å². The molecule has 5 nitrogen and oxygen atoms in total. The highest BCUT2D eigenvalue weighted by Gasteiger charge is 2.21. The quantitative estimate of drug-likeness (QED) is 0.610. The molecule has 1 unspecified atom stereocenters. The summed E-state index contributed by atoms with van der Waals surface area (Å²) in [5.41, 5.74) is 0.518. The third kappa shape index (κ3) is 3.34. The van der Waals surface area contributed by atoms with Gasteiger partial charge in [-0.05, 0) is 32.4 Å². The average molecular weight is 238 g/mol. The van der Waals surface area contributed by atoms with E-state index in [1.54, 1.807) is 25.1 Å². The fraction of sp³-hybridized carbons (Fsp3) is 0.500. The largest absolute Gasteiger partial charge is 0.487 e. The number of benzene rings is 1. The van der Waals surface area contributed by atoms with Gasteiger partial charge in [0.2, 0.25) is 0 Å². The lowest BCUT2D eigenvalue weighted by molar-refractivity contribution is -0.385. The first-order valence-electron chi connectivity index (χ1n) is 5.76. The summed E-state index contributed by atoms with van der Waals surface area (Å²) in [6, 6.07) is 5.25. The second-order valence-electron chi connectivity index (χ2n) is 3.80. The number of nitrogens with one attached hydrogen (secondary N) is 1. The predicted molar refractivity (Wildman–Crippen MR) is 67.6 cm³/mol. The van der Waals surface area contributed by atoms with Gasteiger partial charge in [-0.15, -0.1) is 0 Å². The van der Waals surface area contributed by atoms with Gasteiger partial charge in [0.1, 0.15) is 5.69 Å². The molecule has 0 aliphatic heterocycles. The maximum absolute atomic E-state index is 11.1. The number of hydrogen-bond donors (Lipinski definition) is 1. The lowest BCUT2D eigenvalue weighted by Gasteiger charge is -2.14. The molecule has 5 heteroatoms. The zero-order valence-corrected chi connectivity index (χ0v) is 10.4. The lowest BCUT2D eigenvalue weighted by Crippen LogP contribution is -2.14. The van der Waals surface area contributed by atoms with E-state index in [0.29, 0.717) is 18.0 Å². The fourth-order valence-electron chi connectivity index (χ4n) is 1.47. The molecule has 0 saturated heterocycles. The second kappa shape index (κ2) is 6.08. The third-order valence-electron chi connectivity index (χ3n) is 2.50. The van der Waals surface area contributed by atoms with Crippen molar-refractivity contribution in [3.05, 3.63) is 28.3 Å². The standard InChI is InChI=1S/C12H18N2O3/c1-4-9(3)13-10-7-6-8-11(17-5-2)12(10)14(15)16/h6-9,13H,4-5H2,1-3H3. The highest BCUT2D eigenvalue weighted by molar-refractivity contribution is 5.68. The van der Waals surface area contributed by atoms with Crippen molar-refractivity contribution in [2.75, 3.05) is 11.9 Å².